The molecule has 0 radical (unpaired) electrons. The van der Waals surface area contributed by atoms with Gasteiger partial charge in [-0.3, -0.25) is 9.59 Å². The first-order chi connectivity index (χ1) is 9.33. The van der Waals surface area contributed by atoms with Gasteiger partial charge in [0.15, 0.2) is 0 Å². The Morgan fingerprint density at radius 3 is 2.10 bits per heavy atom. The largest absolute Gasteiger partial charge is 0.342 e. The van der Waals surface area contributed by atoms with Crippen molar-refractivity contribution >= 4 is 11.8 Å². The zero-order valence-corrected chi connectivity index (χ0v) is 13.7. The summed E-state index contributed by atoms with van der Waals surface area (Å²) in [6.45, 7) is 9.31. The second-order valence-corrected chi connectivity index (χ2v) is 5.57. The van der Waals surface area contributed by atoms with E-state index in [1.807, 2.05) is 27.7 Å². The summed E-state index contributed by atoms with van der Waals surface area (Å²) in [6.07, 6.45) is 2.70. The van der Waals surface area contributed by atoms with Crippen molar-refractivity contribution in [2.45, 2.75) is 53.0 Å². The molecule has 5 heteroatoms. The molecule has 2 unspecified atom stereocenters. The van der Waals surface area contributed by atoms with Gasteiger partial charge in [-0.2, -0.15) is 0 Å². The quantitative estimate of drug-likeness (QED) is 0.697. The first-order valence-corrected chi connectivity index (χ1v) is 7.61. The Bertz CT molecular complexity index is 301. The topological polar surface area (TPSA) is 66.6 Å². The fourth-order valence-corrected chi connectivity index (χ4v) is 2.20. The molecule has 0 fully saturated rings. The molecule has 0 saturated heterocycles. The lowest BCUT2D eigenvalue weighted by Crippen LogP contribution is -2.42. The number of hydrogen-bond acceptors (Lipinski definition) is 3. The van der Waals surface area contributed by atoms with Crippen molar-refractivity contribution in [1.82, 2.24) is 9.80 Å². The van der Waals surface area contributed by atoms with Crippen LogP contribution in [-0.4, -0.2) is 54.3 Å². The second-order valence-electron chi connectivity index (χ2n) is 5.57. The summed E-state index contributed by atoms with van der Waals surface area (Å²) in [5, 5.41) is 0. The van der Waals surface area contributed by atoms with Gasteiger partial charge in [-0.1, -0.05) is 13.3 Å². The Morgan fingerprint density at radius 2 is 1.65 bits per heavy atom. The average Bonchev–Trinajstić information content (AvgIpc) is 2.38. The number of rotatable bonds is 9. The van der Waals surface area contributed by atoms with Crippen molar-refractivity contribution < 1.29 is 9.59 Å². The molecule has 0 aliphatic rings. The van der Waals surface area contributed by atoms with Gasteiger partial charge in [0.2, 0.25) is 11.8 Å². The van der Waals surface area contributed by atoms with Gasteiger partial charge in [0.05, 0.1) is 6.54 Å². The zero-order chi connectivity index (χ0) is 15.7. The van der Waals surface area contributed by atoms with Gasteiger partial charge in [-0.15, -0.1) is 0 Å². The number of carbonyl (C=O) groups is 2. The highest BCUT2D eigenvalue weighted by Gasteiger charge is 2.20. The van der Waals surface area contributed by atoms with Gasteiger partial charge in [0.1, 0.15) is 0 Å². The molecule has 5 nitrogen and oxygen atoms in total. The van der Waals surface area contributed by atoms with E-state index < -0.39 is 0 Å². The minimum atomic E-state index is -0.0525. The number of nitrogens with two attached hydrogens (primary N) is 1. The van der Waals surface area contributed by atoms with E-state index in [2.05, 4.69) is 0 Å². The first kappa shape index (κ1) is 18.9. The average molecular weight is 285 g/mol. The van der Waals surface area contributed by atoms with Crippen LogP contribution in [0.5, 0.6) is 0 Å². The van der Waals surface area contributed by atoms with Gasteiger partial charge in [0.25, 0.3) is 0 Å². The Hall–Kier alpha value is -1.10. The molecule has 0 aromatic heterocycles. The van der Waals surface area contributed by atoms with E-state index in [1.54, 1.807) is 11.9 Å². The Kier molecular flexibility index (Phi) is 9.21. The number of hydrogen-bond donors (Lipinski definition) is 1. The van der Waals surface area contributed by atoms with Gasteiger partial charge in [-0.25, -0.2) is 0 Å². The Balaban J connectivity index is 4.22. The van der Waals surface area contributed by atoms with Crippen LogP contribution in [0.1, 0.15) is 47.0 Å². The van der Waals surface area contributed by atoms with Gasteiger partial charge in [0, 0.05) is 32.1 Å². The van der Waals surface area contributed by atoms with Gasteiger partial charge >= 0.3 is 0 Å². The van der Waals surface area contributed by atoms with E-state index >= 15 is 0 Å². The number of amides is 2. The fraction of sp³-hybridized carbons (Fsp3) is 0.867. The molecular formula is C15H31N3O2. The smallest absolute Gasteiger partial charge is 0.242 e. The van der Waals surface area contributed by atoms with E-state index in [0.717, 1.165) is 19.3 Å². The van der Waals surface area contributed by atoms with Crippen LogP contribution in [0.4, 0.5) is 0 Å². The predicted molar refractivity (Wildman–Crippen MR) is 82.2 cm³/mol. The summed E-state index contributed by atoms with van der Waals surface area (Å²) < 4.78 is 0. The SMILES string of the molecule is CCN(CC)C(=O)CN(C)C(=O)C(C)CCCC(C)N. The number of likely N-dealkylation sites (N-methyl/N-ethyl adjacent to an activating group) is 2. The molecule has 0 spiro atoms. The molecular weight excluding hydrogens is 254 g/mol. The third-order valence-corrected chi connectivity index (χ3v) is 3.58. The van der Waals surface area contributed by atoms with Crippen LogP contribution < -0.4 is 5.73 Å². The predicted octanol–water partition coefficient (Wildman–Crippen LogP) is 1.47. The van der Waals surface area contributed by atoms with E-state index in [4.69, 9.17) is 5.73 Å². The van der Waals surface area contributed by atoms with Gasteiger partial charge < -0.3 is 15.5 Å². The van der Waals surface area contributed by atoms with Crippen LogP contribution in [0.15, 0.2) is 0 Å². The zero-order valence-electron chi connectivity index (χ0n) is 13.7. The van der Waals surface area contributed by atoms with Crippen LogP contribution in [0.3, 0.4) is 0 Å². The molecule has 0 rings (SSSR count). The molecule has 0 aliphatic carbocycles. The fourth-order valence-electron chi connectivity index (χ4n) is 2.20. The summed E-state index contributed by atoms with van der Waals surface area (Å²) in [5.74, 6) is -0.00735. The van der Waals surface area contributed by atoms with Gasteiger partial charge in [-0.05, 0) is 33.6 Å². The van der Waals surface area contributed by atoms with Crippen molar-refractivity contribution in [1.29, 1.82) is 0 Å². The molecule has 0 bridgehead atoms. The maximum Gasteiger partial charge on any atom is 0.242 e. The molecule has 0 aromatic rings. The summed E-state index contributed by atoms with van der Waals surface area (Å²) in [4.78, 5) is 27.4. The van der Waals surface area contributed by atoms with Crippen LogP contribution in [-0.2, 0) is 9.59 Å². The molecule has 0 aliphatic heterocycles. The van der Waals surface area contributed by atoms with Crippen molar-refractivity contribution in [2.24, 2.45) is 11.7 Å². The molecule has 0 aromatic carbocycles. The van der Waals surface area contributed by atoms with E-state index in [0.29, 0.717) is 13.1 Å². The normalized spacial score (nSPS) is 13.7. The second kappa shape index (κ2) is 9.75. The first-order valence-electron chi connectivity index (χ1n) is 7.61. The van der Waals surface area contributed by atoms with Crippen LogP contribution in [0.25, 0.3) is 0 Å². The summed E-state index contributed by atoms with van der Waals surface area (Å²) in [5.41, 5.74) is 5.70. The lowest BCUT2D eigenvalue weighted by atomic mass is 10.0. The lowest BCUT2D eigenvalue weighted by molar-refractivity contribution is -0.141. The number of carbonyl (C=O) groups excluding carboxylic acids is 2. The summed E-state index contributed by atoms with van der Waals surface area (Å²) >= 11 is 0. The monoisotopic (exact) mass is 285 g/mol. The Labute approximate surface area is 123 Å². The maximum atomic E-state index is 12.2. The lowest BCUT2D eigenvalue weighted by Gasteiger charge is -2.25. The summed E-state index contributed by atoms with van der Waals surface area (Å²) in [7, 11) is 1.70. The molecule has 2 atom stereocenters. The van der Waals surface area contributed by atoms with Crippen LogP contribution >= 0.6 is 0 Å². The highest BCUT2D eigenvalue weighted by molar-refractivity contribution is 5.85. The third kappa shape index (κ3) is 6.89. The highest BCUT2D eigenvalue weighted by Crippen LogP contribution is 2.11. The molecule has 20 heavy (non-hydrogen) atoms. The standard InChI is InChI=1S/C15H31N3O2/c1-6-18(7-2)14(19)11-17(5)15(20)12(3)9-8-10-13(4)16/h12-13H,6-11,16H2,1-5H3. The van der Waals surface area contributed by atoms with Crippen molar-refractivity contribution in [3.8, 4) is 0 Å². The molecule has 118 valence electrons. The minimum absolute atomic E-state index is 0.00799. The third-order valence-electron chi connectivity index (χ3n) is 3.58. The van der Waals surface area contributed by atoms with Crippen molar-refractivity contribution in [3.63, 3.8) is 0 Å². The van der Waals surface area contributed by atoms with E-state index in [-0.39, 0.29) is 30.3 Å². The van der Waals surface area contributed by atoms with Crippen molar-refractivity contribution in [2.75, 3.05) is 26.7 Å². The molecule has 2 amide bonds. The van der Waals surface area contributed by atoms with E-state index in [9.17, 15) is 9.59 Å². The van der Waals surface area contributed by atoms with Crippen molar-refractivity contribution in [3.05, 3.63) is 0 Å². The minimum Gasteiger partial charge on any atom is -0.342 e. The molecule has 0 heterocycles. The highest BCUT2D eigenvalue weighted by atomic mass is 16.2. The maximum absolute atomic E-state index is 12.2. The van der Waals surface area contributed by atoms with Crippen LogP contribution in [0.2, 0.25) is 0 Å². The molecule has 0 saturated carbocycles. The number of nitrogens with zero attached hydrogens (tertiary/aromatic N) is 2. The van der Waals surface area contributed by atoms with Crippen LogP contribution in [0, 0.1) is 5.92 Å². The molecule has 2 N–H and O–H groups in total. The Morgan fingerprint density at radius 1 is 1.10 bits per heavy atom. The van der Waals surface area contributed by atoms with E-state index in [1.165, 1.54) is 4.90 Å². The summed E-state index contributed by atoms with van der Waals surface area (Å²) in [6, 6.07) is 0.180.